The van der Waals surface area contributed by atoms with Crippen molar-refractivity contribution in [3.05, 3.63) is 41.7 Å². The van der Waals surface area contributed by atoms with E-state index in [-0.39, 0.29) is 35.9 Å². The molecule has 1 aromatic heterocycles. The Bertz CT molecular complexity index is 984. The number of aromatic nitrogens is 3. The number of ether oxygens (including phenoxy) is 1. The first-order chi connectivity index (χ1) is 15.5. The molecule has 0 bridgehead atoms. The molecule has 9 nitrogen and oxygen atoms in total. The number of carbonyl (C=O) groups is 1. The molecule has 2 aromatic rings. The number of hydrogen-bond acceptors (Lipinski definition) is 7. The van der Waals surface area contributed by atoms with E-state index in [9.17, 15) is 23.1 Å². The van der Waals surface area contributed by atoms with Crippen molar-refractivity contribution in [2.24, 2.45) is 0 Å². The van der Waals surface area contributed by atoms with Gasteiger partial charge in [0.15, 0.2) is 5.82 Å². The second kappa shape index (κ2) is 10.4. The average Bonchev–Trinajstić information content (AvgIpc) is 3.21. The molecule has 180 valence electrons. The van der Waals surface area contributed by atoms with E-state index in [4.69, 9.17) is 4.74 Å². The van der Waals surface area contributed by atoms with E-state index in [1.807, 2.05) is 18.7 Å². The van der Waals surface area contributed by atoms with Gasteiger partial charge in [0.2, 0.25) is 5.91 Å². The van der Waals surface area contributed by atoms with Crippen molar-refractivity contribution in [2.75, 3.05) is 19.8 Å². The number of halogens is 3. The SMILES string of the molecule is Cc1cc(-c2ncn(/C=C\C(O)NNC(=O)CN3C(C)COCC3C)n2)cc(C(F)(F)F)c1. The molecule has 1 aromatic carbocycles. The molecule has 3 N–H and O–H groups in total. The maximum absolute atomic E-state index is 13.0. The van der Waals surface area contributed by atoms with Crippen molar-refractivity contribution < 1.29 is 27.8 Å². The number of alkyl halides is 3. The second-order valence-electron chi connectivity index (χ2n) is 8.02. The van der Waals surface area contributed by atoms with Crippen molar-refractivity contribution in [2.45, 2.75) is 45.3 Å². The fourth-order valence-corrected chi connectivity index (χ4v) is 3.48. The summed E-state index contributed by atoms with van der Waals surface area (Å²) in [6, 6.07) is 3.80. The lowest BCUT2D eigenvalue weighted by atomic mass is 10.1. The highest BCUT2D eigenvalue weighted by Gasteiger charge is 2.31. The van der Waals surface area contributed by atoms with E-state index in [2.05, 4.69) is 20.9 Å². The Morgan fingerprint density at radius 3 is 2.67 bits per heavy atom. The topological polar surface area (TPSA) is 105 Å². The van der Waals surface area contributed by atoms with Crippen LogP contribution in [0.2, 0.25) is 0 Å². The molecular weight excluding hydrogens is 441 g/mol. The van der Waals surface area contributed by atoms with Crippen LogP contribution in [-0.4, -0.2) is 68.7 Å². The van der Waals surface area contributed by atoms with Crippen molar-refractivity contribution in [3.63, 3.8) is 0 Å². The zero-order chi connectivity index (χ0) is 24.2. The van der Waals surface area contributed by atoms with Crippen LogP contribution in [-0.2, 0) is 15.7 Å². The van der Waals surface area contributed by atoms with E-state index in [0.717, 1.165) is 12.1 Å². The van der Waals surface area contributed by atoms with Gasteiger partial charge in [-0.15, -0.1) is 5.10 Å². The third kappa shape index (κ3) is 6.84. The van der Waals surface area contributed by atoms with Gasteiger partial charge in [-0.3, -0.25) is 15.1 Å². The van der Waals surface area contributed by atoms with Crippen LogP contribution in [0, 0.1) is 6.92 Å². The quantitative estimate of drug-likeness (QED) is 0.420. The molecule has 0 radical (unpaired) electrons. The number of carbonyl (C=O) groups excluding carboxylic acids is 1. The highest BCUT2D eigenvalue weighted by atomic mass is 19.4. The number of amides is 1. The van der Waals surface area contributed by atoms with Crippen molar-refractivity contribution in [1.82, 2.24) is 30.5 Å². The zero-order valence-corrected chi connectivity index (χ0v) is 18.5. The van der Waals surface area contributed by atoms with Crippen LogP contribution in [0.5, 0.6) is 0 Å². The van der Waals surface area contributed by atoms with Gasteiger partial charge in [0.05, 0.1) is 25.3 Å². The molecule has 0 spiro atoms. The fraction of sp³-hybridized carbons (Fsp3) is 0.476. The van der Waals surface area contributed by atoms with Gasteiger partial charge in [-0.2, -0.15) is 13.2 Å². The van der Waals surface area contributed by atoms with Gasteiger partial charge < -0.3 is 9.84 Å². The number of aliphatic hydroxyl groups excluding tert-OH is 1. The molecule has 0 saturated carbocycles. The Morgan fingerprint density at radius 2 is 2.00 bits per heavy atom. The minimum absolute atomic E-state index is 0.103. The third-order valence-corrected chi connectivity index (χ3v) is 5.13. The number of aryl methyl sites for hydroxylation is 1. The summed E-state index contributed by atoms with van der Waals surface area (Å²) in [5, 5.41) is 14.1. The highest BCUT2D eigenvalue weighted by molar-refractivity contribution is 5.77. The monoisotopic (exact) mass is 468 g/mol. The van der Waals surface area contributed by atoms with Crippen LogP contribution in [0.25, 0.3) is 17.6 Å². The summed E-state index contributed by atoms with van der Waals surface area (Å²) < 4.78 is 45.8. The number of morpholine rings is 1. The normalized spacial score (nSPS) is 20.8. The first-order valence-electron chi connectivity index (χ1n) is 10.4. The number of hydrogen-bond donors (Lipinski definition) is 3. The van der Waals surface area contributed by atoms with Crippen LogP contribution in [0.3, 0.4) is 0 Å². The lowest BCUT2D eigenvalue weighted by Gasteiger charge is -2.38. The number of nitrogens with one attached hydrogen (secondary N) is 2. The maximum atomic E-state index is 13.0. The molecule has 3 atom stereocenters. The van der Waals surface area contributed by atoms with E-state index in [1.54, 1.807) is 13.0 Å². The average molecular weight is 468 g/mol. The Balaban J connectivity index is 1.55. The summed E-state index contributed by atoms with van der Waals surface area (Å²) in [5.74, 6) is -0.204. The number of rotatable bonds is 7. The molecule has 3 unspecified atom stereocenters. The van der Waals surface area contributed by atoms with Gasteiger partial charge in [0, 0.05) is 23.8 Å². The Hall–Kier alpha value is -2.80. The van der Waals surface area contributed by atoms with Gasteiger partial charge in [-0.05, 0) is 50.6 Å². The molecule has 1 aliphatic heterocycles. The summed E-state index contributed by atoms with van der Waals surface area (Å²) in [5.41, 5.74) is 4.79. The maximum Gasteiger partial charge on any atom is 0.416 e. The number of nitrogens with zero attached hydrogens (tertiary/aromatic N) is 4. The molecule has 33 heavy (non-hydrogen) atoms. The summed E-state index contributed by atoms with van der Waals surface area (Å²) in [6.45, 7) is 6.76. The summed E-state index contributed by atoms with van der Waals surface area (Å²) in [4.78, 5) is 18.2. The lowest BCUT2D eigenvalue weighted by molar-refractivity contribution is -0.137. The lowest BCUT2D eigenvalue weighted by Crippen LogP contribution is -2.55. The first-order valence-corrected chi connectivity index (χ1v) is 10.4. The van der Waals surface area contributed by atoms with Crippen LogP contribution in [0.4, 0.5) is 13.2 Å². The largest absolute Gasteiger partial charge is 0.416 e. The van der Waals surface area contributed by atoms with E-state index in [1.165, 1.54) is 23.3 Å². The number of benzene rings is 1. The van der Waals surface area contributed by atoms with E-state index in [0.29, 0.717) is 18.8 Å². The van der Waals surface area contributed by atoms with Gasteiger partial charge in [0.25, 0.3) is 0 Å². The molecule has 1 saturated heterocycles. The van der Waals surface area contributed by atoms with E-state index >= 15 is 0 Å². The predicted octanol–water partition coefficient (Wildman–Crippen LogP) is 1.79. The van der Waals surface area contributed by atoms with Gasteiger partial charge in [-0.1, -0.05) is 0 Å². The standard InChI is InChI=1S/C21H27F3N6O3/c1-13-6-16(8-17(7-13)21(22,23)24)20-25-12-29(28-20)5-4-18(31)26-27-19(32)9-30-14(2)10-33-11-15(30)3/h4-8,12,14-15,18,26,31H,9-11H2,1-3H3,(H,27,32)/b5-4-. The zero-order valence-electron chi connectivity index (χ0n) is 18.5. The molecule has 1 fully saturated rings. The van der Waals surface area contributed by atoms with Gasteiger partial charge in [0.1, 0.15) is 12.6 Å². The third-order valence-electron chi connectivity index (χ3n) is 5.13. The summed E-state index contributed by atoms with van der Waals surface area (Å²) in [6.07, 6.45) is -1.73. The van der Waals surface area contributed by atoms with Crippen LogP contribution < -0.4 is 10.9 Å². The summed E-state index contributed by atoms with van der Waals surface area (Å²) >= 11 is 0. The highest BCUT2D eigenvalue weighted by Crippen LogP contribution is 2.32. The predicted molar refractivity (Wildman–Crippen MR) is 114 cm³/mol. The van der Waals surface area contributed by atoms with Crippen molar-refractivity contribution in [1.29, 1.82) is 0 Å². The minimum atomic E-state index is -4.47. The molecule has 12 heteroatoms. The number of aliphatic hydroxyl groups is 1. The first kappa shape index (κ1) is 24.8. The molecule has 2 heterocycles. The second-order valence-corrected chi connectivity index (χ2v) is 8.02. The van der Waals surface area contributed by atoms with Gasteiger partial charge >= 0.3 is 6.18 Å². The minimum Gasteiger partial charge on any atom is -0.378 e. The number of hydrazine groups is 1. The van der Waals surface area contributed by atoms with Gasteiger partial charge in [-0.25, -0.2) is 15.1 Å². The Morgan fingerprint density at radius 1 is 1.30 bits per heavy atom. The van der Waals surface area contributed by atoms with E-state index < -0.39 is 18.0 Å². The van der Waals surface area contributed by atoms with Crippen molar-refractivity contribution >= 4 is 12.1 Å². The Labute approximate surface area is 189 Å². The van der Waals surface area contributed by atoms with Crippen LogP contribution in [0.15, 0.2) is 30.6 Å². The van der Waals surface area contributed by atoms with Crippen molar-refractivity contribution in [3.8, 4) is 11.4 Å². The molecule has 1 amide bonds. The molecule has 1 aliphatic rings. The van der Waals surface area contributed by atoms with Crippen LogP contribution in [0.1, 0.15) is 25.0 Å². The Kier molecular flexibility index (Phi) is 7.84. The summed E-state index contributed by atoms with van der Waals surface area (Å²) in [7, 11) is 0. The molecular formula is C21H27F3N6O3. The smallest absolute Gasteiger partial charge is 0.378 e. The molecule has 3 rings (SSSR count). The van der Waals surface area contributed by atoms with Crippen LogP contribution >= 0.6 is 0 Å². The fourth-order valence-electron chi connectivity index (χ4n) is 3.48. The molecule has 0 aliphatic carbocycles.